The first-order valence-corrected chi connectivity index (χ1v) is 5.88. The second-order valence-electron chi connectivity index (χ2n) is 3.47. The van der Waals surface area contributed by atoms with Gasteiger partial charge >= 0.3 is 0 Å². The molecule has 14 heavy (non-hydrogen) atoms. The molecule has 1 aliphatic heterocycles. The van der Waals surface area contributed by atoms with Gasteiger partial charge in [0.2, 0.25) is 5.13 Å². The van der Waals surface area contributed by atoms with E-state index in [0.717, 1.165) is 24.8 Å². The highest BCUT2D eigenvalue weighted by atomic mass is 32.1. The van der Waals surface area contributed by atoms with E-state index in [1.165, 1.54) is 11.3 Å². The highest BCUT2D eigenvalue weighted by Gasteiger charge is 2.22. The van der Waals surface area contributed by atoms with E-state index in [1.807, 2.05) is 0 Å². The zero-order valence-electron chi connectivity index (χ0n) is 7.95. The van der Waals surface area contributed by atoms with Crippen LogP contribution in [0, 0.1) is 9.87 Å². The Kier molecular flexibility index (Phi) is 3.15. The van der Waals surface area contributed by atoms with Crippen LogP contribution in [0.4, 0.5) is 5.13 Å². The molecule has 6 heteroatoms. The van der Waals surface area contributed by atoms with Gasteiger partial charge in [-0.2, -0.15) is 0 Å². The number of aromatic nitrogens is 2. The van der Waals surface area contributed by atoms with Crippen LogP contribution in [0.5, 0.6) is 0 Å². The third-order valence-electron chi connectivity index (χ3n) is 2.46. The Labute approximate surface area is 91.7 Å². The summed E-state index contributed by atoms with van der Waals surface area (Å²) in [6.07, 6.45) is 1.13. The number of H-pyrrole nitrogens is 1. The van der Waals surface area contributed by atoms with Crippen LogP contribution in [0.3, 0.4) is 0 Å². The molecule has 2 N–H and O–H groups in total. The van der Waals surface area contributed by atoms with E-state index < -0.39 is 0 Å². The predicted octanol–water partition coefficient (Wildman–Crippen LogP) is 2.04. The normalized spacial score (nSPS) is 23.6. The molecule has 2 heterocycles. The summed E-state index contributed by atoms with van der Waals surface area (Å²) in [5.74, 6) is 0.590. The molecule has 1 aromatic heterocycles. The molecule has 0 aliphatic carbocycles. The van der Waals surface area contributed by atoms with E-state index in [2.05, 4.69) is 22.4 Å². The maximum atomic E-state index is 5.34. The first kappa shape index (κ1) is 10.1. The average Bonchev–Trinajstić information content (AvgIpc) is 2.75. The van der Waals surface area contributed by atoms with E-state index >= 15 is 0 Å². The Balaban J connectivity index is 1.93. The van der Waals surface area contributed by atoms with E-state index in [1.54, 1.807) is 0 Å². The highest BCUT2D eigenvalue weighted by Crippen LogP contribution is 2.21. The molecular formula is C8H13N3OS2. The molecule has 2 atom stereocenters. The summed E-state index contributed by atoms with van der Waals surface area (Å²) in [4.78, 5) is 0. The number of aromatic amines is 1. The van der Waals surface area contributed by atoms with Crippen molar-refractivity contribution in [3.63, 3.8) is 0 Å². The Morgan fingerprint density at radius 1 is 1.79 bits per heavy atom. The van der Waals surface area contributed by atoms with Crippen LogP contribution in [0.2, 0.25) is 0 Å². The first-order valence-electron chi connectivity index (χ1n) is 4.65. The monoisotopic (exact) mass is 231 g/mol. The largest absolute Gasteiger partial charge is 0.381 e. The second kappa shape index (κ2) is 4.37. The number of hydrogen-bond donors (Lipinski definition) is 2. The van der Waals surface area contributed by atoms with Crippen molar-refractivity contribution < 1.29 is 4.74 Å². The lowest BCUT2D eigenvalue weighted by atomic mass is 10.0. The van der Waals surface area contributed by atoms with Gasteiger partial charge in [0.25, 0.3) is 0 Å². The lowest BCUT2D eigenvalue weighted by Gasteiger charge is -2.17. The summed E-state index contributed by atoms with van der Waals surface area (Å²) >= 11 is 6.43. The smallest absolute Gasteiger partial charge is 0.204 e. The SMILES string of the molecule is CC(Nc1n[nH]c(=S)s1)C1CCOC1. The molecule has 0 radical (unpaired) electrons. The van der Waals surface area contributed by atoms with Crippen molar-refractivity contribution in [2.45, 2.75) is 19.4 Å². The molecule has 2 rings (SSSR count). The number of ether oxygens (including phenoxy) is 1. The first-order chi connectivity index (χ1) is 6.75. The fraction of sp³-hybridized carbons (Fsp3) is 0.750. The molecule has 0 bridgehead atoms. The van der Waals surface area contributed by atoms with Gasteiger partial charge in [-0.15, -0.1) is 5.10 Å². The average molecular weight is 231 g/mol. The molecule has 0 spiro atoms. The maximum Gasteiger partial charge on any atom is 0.204 e. The van der Waals surface area contributed by atoms with Crippen molar-refractivity contribution in [1.29, 1.82) is 0 Å². The minimum absolute atomic E-state index is 0.395. The van der Waals surface area contributed by atoms with Crippen molar-refractivity contribution in [2.75, 3.05) is 18.5 Å². The summed E-state index contributed by atoms with van der Waals surface area (Å²) in [6.45, 7) is 3.89. The van der Waals surface area contributed by atoms with Crippen LogP contribution >= 0.6 is 23.6 Å². The van der Waals surface area contributed by atoms with Crippen molar-refractivity contribution in [1.82, 2.24) is 10.2 Å². The number of nitrogens with one attached hydrogen (secondary N) is 2. The molecule has 0 saturated carbocycles. The third kappa shape index (κ3) is 2.31. The standard InChI is InChI=1S/C8H13N3OS2/c1-5(6-2-3-12-4-6)9-7-10-11-8(13)14-7/h5-6H,2-4H2,1H3,(H,9,10)(H,11,13). The summed E-state index contributed by atoms with van der Waals surface area (Å²) in [7, 11) is 0. The zero-order chi connectivity index (χ0) is 9.97. The molecule has 4 nitrogen and oxygen atoms in total. The topological polar surface area (TPSA) is 49.9 Å². The van der Waals surface area contributed by atoms with Gasteiger partial charge in [0.1, 0.15) is 0 Å². The number of rotatable bonds is 3. The van der Waals surface area contributed by atoms with Gasteiger partial charge in [0, 0.05) is 18.6 Å². The number of nitrogens with zero attached hydrogens (tertiary/aromatic N) is 1. The highest BCUT2D eigenvalue weighted by molar-refractivity contribution is 7.73. The van der Waals surface area contributed by atoms with Crippen LogP contribution in [-0.4, -0.2) is 29.5 Å². The van der Waals surface area contributed by atoms with Crippen LogP contribution in [0.1, 0.15) is 13.3 Å². The van der Waals surface area contributed by atoms with E-state index in [-0.39, 0.29) is 0 Å². The molecule has 0 amide bonds. The van der Waals surface area contributed by atoms with Crippen LogP contribution in [0.15, 0.2) is 0 Å². The molecule has 0 aromatic carbocycles. The quantitative estimate of drug-likeness (QED) is 0.782. The van der Waals surface area contributed by atoms with Gasteiger partial charge < -0.3 is 10.1 Å². The van der Waals surface area contributed by atoms with Gasteiger partial charge in [-0.05, 0) is 25.6 Å². The lowest BCUT2D eigenvalue weighted by Crippen LogP contribution is -2.25. The molecule has 78 valence electrons. The lowest BCUT2D eigenvalue weighted by molar-refractivity contribution is 0.183. The van der Waals surface area contributed by atoms with Crippen molar-refractivity contribution in [3.8, 4) is 0 Å². The van der Waals surface area contributed by atoms with Gasteiger partial charge in [-0.25, -0.2) is 0 Å². The van der Waals surface area contributed by atoms with Crippen molar-refractivity contribution in [2.24, 2.45) is 5.92 Å². The van der Waals surface area contributed by atoms with Gasteiger partial charge in [0.05, 0.1) is 6.61 Å². The fourth-order valence-corrected chi connectivity index (χ4v) is 2.44. The molecule has 1 aromatic rings. The summed E-state index contributed by atoms with van der Waals surface area (Å²) in [5.41, 5.74) is 0. The Morgan fingerprint density at radius 2 is 2.64 bits per heavy atom. The summed E-state index contributed by atoms with van der Waals surface area (Å²) in [5, 5.41) is 11.0. The van der Waals surface area contributed by atoms with Crippen LogP contribution in [-0.2, 0) is 4.74 Å². The van der Waals surface area contributed by atoms with Crippen LogP contribution in [0.25, 0.3) is 0 Å². The minimum Gasteiger partial charge on any atom is -0.381 e. The Hall–Kier alpha value is -0.460. The number of anilines is 1. The molecule has 1 fully saturated rings. The van der Waals surface area contributed by atoms with Gasteiger partial charge in [-0.1, -0.05) is 11.3 Å². The van der Waals surface area contributed by atoms with Gasteiger partial charge in [-0.3, -0.25) is 5.10 Å². The van der Waals surface area contributed by atoms with E-state index in [4.69, 9.17) is 17.0 Å². The molecule has 2 unspecified atom stereocenters. The maximum absolute atomic E-state index is 5.34. The fourth-order valence-electron chi connectivity index (χ4n) is 1.55. The minimum atomic E-state index is 0.395. The molecule has 1 saturated heterocycles. The Bertz CT molecular complexity index is 342. The summed E-state index contributed by atoms with van der Waals surface area (Å²) < 4.78 is 6.05. The predicted molar refractivity (Wildman–Crippen MR) is 59.3 cm³/mol. The third-order valence-corrected chi connectivity index (χ3v) is 3.48. The Morgan fingerprint density at radius 3 is 3.21 bits per heavy atom. The van der Waals surface area contributed by atoms with Crippen molar-refractivity contribution >= 4 is 28.7 Å². The number of hydrogen-bond acceptors (Lipinski definition) is 5. The summed E-state index contributed by atoms with van der Waals surface area (Å²) in [6, 6.07) is 0.395. The molecular weight excluding hydrogens is 218 g/mol. The van der Waals surface area contributed by atoms with E-state index in [0.29, 0.717) is 15.9 Å². The zero-order valence-corrected chi connectivity index (χ0v) is 9.58. The second-order valence-corrected chi connectivity index (χ2v) is 5.14. The van der Waals surface area contributed by atoms with Crippen LogP contribution < -0.4 is 5.32 Å². The van der Waals surface area contributed by atoms with Crippen molar-refractivity contribution in [3.05, 3.63) is 3.95 Å². The molecule has 1 aliphatic rings. The van der Waals surface area contributed by atoms with E-state index in [9.17, 15) is 0 Å². The van der Waals surface area contributed by atoms with Gasteiger partial charge in [0.15, 0.2) is 3.95 Å².